The smallest absolute Gasteiger partial charge is 0.0346 e. The monoisotopic (exact) mass is 301 g/mol. The molecule has 0 bridgehead atoms. The van der Waals surface area contributed by atoms with Crippen LogP contribution in [0.25, 0.3) is 0 Å². The molecule has 2 rings (SSSR count). The first-order chi connectivity index (χ1) is 10.1. The number of thiophene rings is 1. The van der Waals surface area contributed by atoms with Gasteiger partial charge in [-0.15, -0.1) is 11.3 Å². The minimum atomic E-state index is 0.420. The Bertz CT molecular complexity index is 539. The molecule has 2 aromatic rings. The first kappa shape index (κ1) is 16.3. The van der Waals surface area contributed by atoms with Crippen LogP contribution in [-0.4, -0.2) is 0 Å². The summed E-state index contributed by atoms with van der Waals surface area (Å²) >= 11 is 1.93. The molecular formula is C19H27NS. The lowest BCUT2D eigenvalue weighted by atomic mass is 9.95. The third kappa shape index (κ3) is 4.42. The zero-order chi connectivity index (χ0) is 15.2. The van der Waals surface area contributed by atoms with Crippen molar-refractivity contribution in [1.29, 1.82) is 0 Å². The quantitative estimate of drug-likeness (QED) is 0.726. The molecule has 0 aliphatic heterocycles. The van der Waals surface area contributed by atoms with Gasteiger partial charge in [-0.05, 0) is 42.0 Å². The third-order valence-corrected chi connectivity index (χ3v) is 5.21. The third-order valence-electron chi connectivity index (χ3n) is 3.98. The normalized spacial score (nSPS) is 12.8. The first-order valence-corrected chi connectivity index (χ1v) is 8.85. The molecular weight excluding hydrogens is 274 g/mol. The van der Waals surface area contributed by atoms with E-state index >= 15 is 0 Å². The van der Waals surface area contributed by atoms with E-state index in [0.717, 1.165) is 19.4 Å². The van der Waals surface area contributed by atoms with E-state index in [1.807, 2.05) is 11.3 Å². The summed E-state index contributed by atoms with van der Waals surface area (Å²) in [5, 5.41) is 3.74. The number of nitrogens with one attached hydrogen (secondary N) is 1. The highest BCUT2D eigenvalue weighted by Gasteiger charge is 2.15. The summed E-state index contributed by atoms with van der Waals surface area (Å²) in [6.45, 7) is 9.96. The van der Waals surface area contributed by atoms with Crippen molar-refractivity contribution in [2.24, 2.45) is 5.92 Å². The van der Waals surface area contributed by atoms with Crippen LogP contribution in [0.4, 0.5) is 0 Å². The highest BCUT2D eigenvalue weighted by Crippen LogP contribution is 2.24. The molecule has 1 unspecified atom stereocenters. The molecule has 0 radical (unpaired) electrons. The van der Waals surface area contributed by atoms with E-state index in [4.69, 9.17) is 0 Å². The molecule has 21 heavy (non-hydrogen) atoms. The summed E-state index contributed by atoms with van der Waals surface area (Å²) < 4.78 is 0. The van der Waals surface area contributed by atoms with Gasteiger partial charge in [0.15, 0.2) is 0 Å². The average molecular weight is 301 g/mol. The summed E-state index contributed by atoms with van der Waals surface area (Å²) in [5.74, 6) is 0.586. The zero-order valence-electron chi connectivity index (χ0n) is 13.6. The Morgan fingerprint density at radius 1 is 0.905 bits per heavy atom. The number of hydrogen-bond donors (Lipinski definition) is 1. The van der Waals surface area contributed by atoms with Crippen molar-refractivity contribution >= 4 is 11.3 Å². The Hall–Kier alpha value is -1.12. The Labute approximate surface area is 133 Å². The van der Waals surface area contributed by atoms with Crippen LogP contribution < -0.4 is 5.32 Å². The molecule has 1 N–H and O–H groups in total. The van der Waals surface area contributed by atoms with Crippen molar-refractivity contribution in [1.82, 2.24) is 5.32 Å². The molecule has 0 saturated carbocycles. The molecule has 0 aliphatic carbocycles. The van der Waals surface area contributed by atoms with Crippen molar-refractivity contribution < 1.29 is 0 Å². The van der Waals surface area contributed by atoms with Crippen LogP contribution in [0.1, 0.15) is 54.6 Å². The summed E-state index contributed by atoms with van der Waals surface area (Å²) in [5.41, 5.74) is 2.81. The van der Waals surface area contributed by atoms with Gasteiger partial charge in [-0.1, -0.05) is 52.0 Å². The average Bonchev–Trinajstić information content (AvgIpc) is 2.96. The van der Waals surface area contributed by atoms with Crippen molar-refractivity contribution in [2.45, 2.75) is 53.1 Å². The standard InChI is InChI=1S/C19H27NS/c1-5-15-7-9-16(10-8-15)19(14(3)4)20-13-18-12-11-17(6-2)21-18/h7-12,14,19-20H,5-6,13H2,1-4H3. The minimum absolute atomic E-state index is 0.420. The summed E-state index contributed by atoms with van der Waals surface area (Å²) in [7, 11) is 0. The molecule has 2 heteroatoms. The maximum absolute atomic E-state index is 3.74. The van der Waals surface area contributed by atoms with Gasteiger partial charge in [0.2, 0.25) is 0 Å². The zero-order valence-corrected chi connectivity index (χ0v) is 14.5. The molecule has 1 aromatic carbocycles. The molecule has 1 atom stereocenters. The van der Waals surface area contributed by atoms with Crippen LogP contribution in [0, 0.1) is 5.92 Å². The van der Waals surface area contributed by atoms with Crippen molar-refractivity contribution in [2.75, 3.05) is 0 Å². The van der Waals surface area contributed by atoms with Crippen LogP contribution >= 0.6 is 11.3 Å². The van der Waals surface area contributed by atoms with Gasteiger partial charge in [0.25, 0.3) is 0 Å². The second kappa shape index (κ2) is 7.77. The first-order valence-electron chi connectivity index (χ1n) is 8.03. The topological polar surface area (TPSA) is 12.0 Å². The lowest BCUT2D eigenvalue weighted by Crippen LogP contribution is -2.25. The highest BCUT2D eigenvalue weighted by atomic mass is 32.1. The molecule has 0 fully saturated rings. The number of benzene rings is 1. The van der Waals surface area contributed by atoms with Crippen molar-refractivity contribution in [3.63, 3.8) is 0 Å². The second-order valence-corrected chi connectivity index (χ2v) is 7.17. The molecule has 0 spiro atoms. The predicted molar refractivity (Wildman–Crippen MR) is 93.9 cm³/mol. The van der Waals surface area contributed by atoms with Gasteiger partial charge in [-0.3, -0.25) is 0 Å². The molecule has 1 heterocycles. The number of hydrogen-bond acceptors (Lipinski definition) is 2. The van der Waals surface area contributed by atoms with Crippen LogP contribution in [0.15, 0.2) is 36.4 Å². The van der Waals surface area contributed by atoms with Crippen LogP contribution in [0.3, 0.4) is 0 Å². The lowest BCUT2D eigenvalue weighted by molar-refractivity contribution is 0.412. The molecule has 1 nitrogen and oxygen atoms in total. The Morgan fingerprint density at radius 3 is 2.10 bits per heavy atom. The highest BCUT2D eigenvalue weighted by molar-refractivity contribution is 7.11. The fraction of sp³-hybridized carbons (Fsp3) is 0.474. The molecule has 0 saturated heterocycles. The Kier molecular flexibility index (Phi) is 6.01. The lowest BCUT2D eigenvalue weighted by Gasteiger charge is -2.23. The largest absolute Gasteiger partial charge is 0.305 e. The molecule has 1 aromatic heterocycles. The minimum Gasteiger partial charge on any atom is -0.305 e. The van der Waals surface area contributed by atoms with Gasteiger partial charge in [-0.2, -0.15) is 0 Å². The maximum atomic E-state index is 3.74. The van der Waals surface area contributed by atoms with Crippen LogP contribution in [-0.2, 0) is 19.4 Å². The van der Waals surface area contributed by atoms with E-state index < -0.39 is 0 Å². The number of aryl methyl sites for hydroxylation is 2. The Morgan fingerprint density at radius 2 is 1.57 bits per heavy atom. The van der Waals surface area contributed by atoms with Gasteiger partial charge in [0, 0.05) is 22.3 Å². The van der Waals surface area contributed by atoms with E-state index in [2.05, 4.69) is 69.4 Å². The van der Waals surface area contributed by atoms with E-state index in [9.17, 15) is 0 Å². The summed E-state index contributed by atoms with van der Waals surface area (Å²) in [6.07, 6.45) is 2.24. The summed E-state index contributed by atoms with van der Waals surface area (Å²) in [4.78, 5) is 2.91. The van der Waals surface area contributed by atoms with Crippen molar-refractivity contribution in [3.8, 4) is 0 Å². The second-order valence-electron chi connectivity index (χ2n) is 5.92. The van der Waals surface area contributed by atoms with Crippen molar-refractivity contribution in [3.05, 3.63) is 57.3 Å². The number of rotatable bonds is 7. The Balaban J connectivity index is 2.04. The van der Waals surface area contributed by atoms with Crippen LogP contribution in [0.2, 0.25) is 0 Å². The van der Waals surface area contributed by atoms with E-state index in [1.54, 1.807) is 0 Å². The van der Waals surface area contributed by atoms with Gasteiger partial charge >= 0.3 is 0 Å². The SMILES string of the molecule is CCc1ccc(C(NCc2ccc(CC)s2)C(C)C)cc1. The molecule has 0 amide bonds. The summed E-state index contributed by atoms with van der Waals surface area (Å²) in [6, 6.07) is 14.0. The fourth-order valence-corrected chi connectivity index (χ4v) is 3.53. The van der Waals surface area contributed by atoms with E-state index in [1.165, 1.54) is 20.9 Å². The van der Waals surface area contributed by atoms with Crippen LogP contribution in [0.5, 0.6) is 0 Å². The van der Waals surface area contributed by atoms with Gasteiger partial charge in [0.1, 0.15) is 0 Å². The fourth-order valence-electron chi connectivity index (χ4n) is 2.62. The van der Waals surface area contributed by atoms with Gasteiger partial charge in [0.05, 0.1) is 0 Å². The van der Waals surface area contributed by atoms with E-state index in [0.29, 0.717) is 12.0 Å². The van der Waals surface area contributed by atoms with E-state index in [-0.39, 0.29) is 0 Å². The van der Waals surface area contributed by atoms with Gasteiger partial charge in [-0.25, -0.2) is 0 Å². The van der Waals surface area contributed by atoms with Gasteiger partial charge < -0.3 is 5.32 Å². The molecule has 0 aliphatic rings. The molecule has 114 valence electrons. The predicted octanol–water partition coefficient (Wildman–Crippen LogP) is 5.36. The maximum Gasteiger partial charge on any atom is 0.0346 e.